The zero-order valence-corrected chi connectivity index (χ0v) is 17.2. The van der Waals surface area contributed by atoms with Crippen LogP contribution < -0.4 is 15.8 Å². The summed E-state index contributed by atoms with van der Waals surface area (Å²) in [5, 5.41) is 3.11. The number of nitrogens with two attached hydrogens (primary N) is 1. The van der Waals surface area contributed by atoms with Crippen LogP contribution in [0.25, 0.3) is 0 Å². The van der Waals surface area contributed by atoms with Crippen molar-refractivity contribution < 1.29 is 23.9 Å². The normalized spacial score (nSPS) is 14.6. The molecule has 1 aromatic carbocycles. The molecule has 0 saturated carbocycles. The summed E-state index contributed by atoms with van der Waals surface area (Å²) in [6.45, 7) is 3.28. The molecule has 0 fully saturated rings. The van der Waals surface area contributed by atoms with Gasteiger partial charge in [-0.1, -0.05) is 25.1 Å². The molecule has 0 unspecified atom stereocenters. The molecule has 3 N–H and O–H groups in total. The van der Waals surface area contributed by atoms with Crippen molar-refractivity contribution in [1.29, 1.82) is 0 Å². The Kier molecular flexibility index (Phi) is 6.53. The summed E-state index contributed by atoms with van der Waals surface area (Å²) in [6, 6.07) is 8.94. The smallest absolute Gasteiger partial charge is 0.348 e. The van der Waals surface area contributed by atoms with Crippen molar-refractivity contribution in [1.82, 2.24) is 0 Å². The second-order valence-corrected chi connectivity index (χ2v) is 7.93. The molecule has 29 heavy (non-hydrogen) atoms. The van der Waals surface area contributed by atoms with Crippen LogP contribution in [0.5, 0.6) is 5.75 Å². The van der Waals surface area contributed by atoms with Crippen molar-refractivity contribution >= 4 is 34.1 Å². The van der Waals surface area contributed by atoms with Crippen LogP contribution in [-0.4, -0.2) is 30.0 Å². The van der Waals surface area contributed by atoms with Crippen LogP contribution in [-0.2, 0) is 27.2 Å². The predicted octanol–water partition coefficient (Wildman–Crippen LogP) is 3.06. The zero-order valence-electron chi connectivity index (χ0n) is 16.4. The van der Waals surface area contributed by atoms with E-state index < -0.39 is 30.0 Å². The first-order valence-electron chi connectivity index (χ1n) is 9.58. The number of ether oxygens (including phenoxy) is 2. The molecule has 0 spiro atoms. The van der Waals surface area contributed by atoms with Gasteiger partial charge in [-0.2, -0.15) is 0 Å². The van der Waals surface area contributed by atoms with Gasteiger partial charge in [-0.25, -0.2) is 4.79 Å². The Bertz CT molecular complexity index is 909. The molecule has 2 atom stereocenters. The number of anilines is 1. The van der Waals surface area contributed by atoms with Crippen molar-refractivity contribution in [2.75, 3.05) is 5.32 Å². The average Bonchev–Trinajstić information content (AvgIpc) is 3.27. The minimum absolute atomic E-state index is 0.369. The van der Waals surface area contributed by atoms with Crippen LogP contribution in [0.1, 0.15) is 47.5 Å². The van der Waals surface area contributed by atoms with Crippen molar-refractivity contribution in [2.24, 2.45) is 5.73 Å². The lowest BCUT2D eigenvalue weighted by Gasteiger charge is -2.19. The number of esters is 1. The van der Waals surface area contributed by atoms with Gasteiger partial charge >= 0.3 is 5.97 Å². The second kappa shape index (κ2) is 9.09. The number of para-hydroxylation sites is 1. The van der Waals surface area contributed by atoms with Crippen LogP contribution in [0.2, 0.25) is 0 Å². The van der Waals surface area contributed by atoms with Gasteiger partial charge in [0.2, 0.25) is 0 Å². The minimum Gasteiger partial charge on any atom is -0.479 e. The fourth-order valence-electron chi connectivity index (χ4n) is 3.23. The van der Waals surface area contributed by atoms with Crippen LogP contribution in [0.4, 0.5) is 5.00 Å². The number of hydrogen-bond acceptors (Lipinski definition) is 6. The summed E-state index contributed by atoms with van der Waals surface area (Å²) in [4.78, 5) is 37.9. The average molecular weight is 416 g/mol. The number of benzene rings is 1. The standard InChI is InChI=1S/C21H24N2O5S/c1-3-15(28-13-8-5-4-6-9-13)21(26)27-12(2)19(25)23-20-17(18(22)24)14-10-7-11-16(14)29-20/h4-6,8-9,12,15H,3,7,10-11H2,1-2H3,(H2,22,24)(H,23,25)/t12-,15-/m1/s1. The summed E-state index contributed by atoms with van der Waals surface area (Å²) >= 11 is 1.36. The Labute approximate surface area is 173 Å². The van der Waals surface area contributed by atoms with E-state index in [1.165, 1.54) is 18.3 Å². The first kappa shape index (κ1) is 20.9. The highest BCUT2D eigenvalue weighted by Gasteiger charge is 2.29. The molecule has 154 valence electrons. The third kappa shape index (κ3) is 4.76. The summed E-state index contributed by atoms with van der Waals surface area (Å²) in [6.07, 6.45) is 1.15. The van der Waals surface area contributed by atoms with Crippen molar-refractivity contribution in [3.05, 3.63) is 46.3 Å². The molecule has 1 aliphatic carbocycles. The number of primary amides is 1. The molecule has 3 rings (SSSR count). The van der Waals surface area contributed by atoms with Gasteiger partial charge in [0.25, 0.3) is 11.8 Å². The highest BCUT2D eigenvalue weighted by atomic mass is 32.1. The number of rotatable bonds is 8. The maximum atomic E-state index is 12.5. The van der Waals surface area contributed by atoms with Gasteiger partial charge in [-0.3, -0.25) is 9.59 Å². The summed E-state index contributed by atoms with van der Waals surface area (Å²) in [5.74, 6) is -1.16. The van der Waals surface area contributed by atoms with E-state index in [1.807, 2.05) is 6.07 Å². The number of nitrogens with one attached hydrogen (secondary N) is 1. The molecule has 1 heterocycles. The van der Waals surface area contributed by atoms with Crippen LogP contribution in [0.15, 0.2) is 30.3 Å². The number of carbonyl (C=O) groups is 3. The maximum Gasteiger partial charge on any atom is 0.348 e. The van der Waals surface area contributed by atoms with Gasteiger partial charge in [0.1, 0.15) is 10.8 Å². The molecule has 2 aromatic rings. The van der Waals surface area contributed by atoms with Gasteiger partial charge in [0.15, 0.2) is 12.2 Å². The SMILES string of the molecule is CC[C@@H](Oc1ccccc1)C(=O)O[C@H](C)C(=O)Nc1sc2c(c1C(N)=O)CCC2. The van der Waals surface area contributed by atoms with Crippen LogP contribution >= 0.6 is 11.3 Å². The van der Waals surface area contributed by atoms with E-state index in [9.17, 15) is 14.4 Å². The monoisotopic (exact) mass is 416 g/mol. The third-order valence-corrected chi connectivity index (χ3v) is 5.93. The number of amides is 2. The third-order valence-electron chi connectivity index (χ3n) is 4.72. The van der Waals surface area contributed by atoms with Gasteiger partial charge < -0.3 is 20.5 Å². The topological polar surface area (TPSA) is 108 Å². The van der Waals surface area contributed by atoms with E-state index in [2.05, 4.69) is 5.32 Å². The highest BCUT2D eigenvalue weighted by molar-refractivity contribution is 7.17. The van der Waals surface area contributed by atoms with Crippen molar-refractivity contribution in [3.8, 4) is 5.75 Å². The zero-order chi connectivity index (χ0) is 21.0. The predicted molar refractivity (Wildman–Crippen MR) is 110 cm³/mol. The molecule has 0 bridgehead atoms. The van der Waals surface area contributed by atoms with E-state index >= 15 is 0 Å². The van der Waals surface area contributed by atoms with E-state index in [4.69, 9.17) is 15.2 Å². The molecule has 0 saturated heterocycles. The molecular weight excluding hydrogens is 392 g/mol. The first-order valence-corrected chi connectivity index (χ1v) is 10.4. The van der Waals surface area contributed by atoms with Crippen LogP contribution in [0, 0.1) is 0 Å². The Morgan fingerprint density at radius 2 is 1.93 bits per heavy atom. The summed E-state index contributed by atoms with van der Waals surface area (Å²) in [5.41, 5.74) is 6.80. The Balaban J connectivity index is 1.63. The van der Waals surface area contributed by atoms with Crippen molar-refractivity contribution in [2.45, 2.75) is 51.7 Å². The highest BCUT2D eigenvalue weighted by Crippen LogP contribution is 2.38. The van der Waals surface area contributed by atoms with Gasteiger partial charge in [0, 0.05) is 4.88 Å². The molecule has 2 amide bonds. The maximum absolute atomic E-state index is 12.5. The number of fused-ring (bicyclic) bond motifs is 1. The van der Waals surface area contributed by atoms with Gasteiger partial charge in [0.05, 0.1) is 5.56 Å². The molecule has 8 heteroatoms. The van der Waals surface area contributed by atoms with E-state index in [0.717, 1.165) is 29.7 Å². The lowest BCUT2D eigenvalue weighted by molar-refractivity contribution is -0.160. The number of aryl methyl sites for hydroxylation is 1. The summed E-state index contributed by atoms with van der Waals surface area (Å²) in [7, 11) is 0. The number of thiophene rings is 1. The van der Waals surface area contributed by atoms with E-state index in [1.54, 1.807) is 31.2 Å². The second-order valence-electron chi connectivity index (χ2n) is 6.82. The molecule has 1 aromatic heterocycles. The Morgan fingerprint density at radius 3 is 2.59 bits per heavy atom. The lowest BCUT2D eigenvalue weighted by Crippen LogP contribution is -2.36. The van der Waals surface area contributed by atoms with E-state index in [0.29, 0.717) is 22.7 Å². The van der Waals surface area contributed by atoms with Crippen molar-refractivity contribution in [3.63, 3.8) is 0 Å². The number of hydrogen-bond donors (Lipinski definition) is 2. The molecule has 0 radical (unpaired) electrons. The minimum atomic E-state index is -1.05. The van der Waals surface area contributed by atoms with E-state index in [-0.39, 0.29) is 0 Å². The molecule has 0 aliphatic heterocycles. The Morgan fingerprint density at radius 1 is 1.21 bits per heavy atom. The largest absolute Gasteiger partial charge is 0.479 e. The Hall–Kier alpha value is -2.87. The molecular formula is C21H24N2O5S. The fourth-order valence-corrected chi connectivity index (χ4v) is 4.53. The van der Waals surface area contributed by atoms with Gasteiger partial charge in [-0.05, 0) is 50.3 Å². The first-order chi connectivity index (χ1) is 13.9. The van der Waals surface area contributed by atoms with Crippen LogP contribution in [0.3, 0.4) is 0 Å². The quantitative estimate of drug-likeness (QED) is 0.643. The molecule has 7 nitrogen and oxygen atoms in total. The fraction of sp³-hybridized carbons (Fsp3) is 0.381. The number of carbonyl (C=O) groups excluding carboxylic acids is 3. The summed E-state index contributed by atoms with van der Waals surface area (Å²) < 4.78 is 11.0. The lowest BCUT2D eigenvalue weighted by atomic mass is 10.1. The van der Waals surface area contributed by atoms with Gasteiger partial charge in [-0.15, -0.1) is 11.3 Å². The molecule has 1 aliphatic rings.